The van der Waals surface area contributed by atoms with Gasteiger partial charge in [0.05, 0.1) is 29.3 Å². The highest BCUT2D eigenvalue weighted by Crippen LogP contribution is 2.25. The Morgan fingerprint density at radius 3 is 2.42 bits per heavy atom. The SMILES string of the molecule is CS(=O)(=O)N1CCN(c2cc(C#N)ccc2N)CC1. The highest BCUT2D eigenvalue weighted by Gasteiger charge is 2.24. The number of nitrogen functional groups attached to an aromatic ring is 1. The molecule has 0 unspecified atom stereocenters. The fraction of sp³-hybridized carbons (Fsp3) is 0.417. The largest absolute Gasteiger partial charge is 0.397 e. The molecule has 0 radical (unpaired) electrons. The second-order valence-corrected chi connectivity index (χ2v) is 6.52. The van der Waals surface area contributed by atoms with Crippen LogP contribution in [0, 0.1) is 11.3 Å². The molecule has 0 bridgehead atoms. The molecule has 1 aromatic rings. The van der Waals surface area contributed by atoms with Crippen molar-refractivity contribution in [2.75, 3.05) is 43.1 Å². The zero-order chi connectivity index (χ0) is 14.0. The molecule has 1 aromatic carbocycles. The van der Waals surface area contributed by atoms with Crippen LogP contribution < -0.4 is 10.6 Å². The molecule has 2 N–H and O–H groups in total. The minimum atomic E-state index is -3.13. The van der Waals surface area contributed by atoms with Crippen molar-refractivity contribution in [1.29, 1.82) is 5.26 Å². The summed E-state index contributed by atoms with van der Waals surface area (Å²) >= 11 is 0. The summed E-state index contributed by atoms with van der Waals surface area (Å²) in [6.45, 7) is 2.03. The molecule has 1 heterocycles. The van der Waals surface area contributed by atoms with Gasteiger partial charge in [0.1, 0.15) is 0 Å². The molecular formula is C12H16N4O2S. The average molecular weight is 280 g/mol. The molecule has 0 aliphatic carbocycles. The van der Waals surface area contributed by atoms with E-state index in [-0.39, 0.29) is 0 Å². The Bertz CT molecular complexity index is 613. The molecule has 1 saturated heterocycles. The summed E-state index contributed by atoms with van der Waals surface area (Å²) in [5, 5.41) is 8.90. The number of nitriles is 1. The molecule has 1 fully saturated rings. The molecule has 1 aliphatic rings. The third-order valence-corrected chi connectivity index (χ3v) is 4.51. The second-order valence-electron chi connectivity index (χ2n) is 4.53. The summed E-state index contributed by atoms with van der Waals surface area (Å²) in [7, 11) is -3.13. The Labute approximate surface area is 113 Å². The van der Waals surface area contributed by atoms with Crippen LogP contribution >= 0.6 is 0 Å². The summed E-state index contributed by atoms with van der Waals surface area (Å²) in [5.74, 6) is 0. The van der Waals surface area contributed by atoms with Gasteiger partial charge in [0.2, 0.25) is 10.0 Å². The number of benzene rings is 1. The predicted octanol–water partition coefficient (Wildman–Crippen LogP) is 0.222. The van der Waals surface area contributed by atoms with E-state index in [9.17, 15) is 8.42 Å². The number of piperazine rings is 1. The van der Waals surface area contributed by atoms with Crippen molar-refractivity contribution in [3.05, 3.63) is 23.8 Å². The van der Waals surface area contributed by atoms with Gasteiger partial charge in [-0.25, -0.2) is 8.42 Å². The summed E-state index contributed by atoms with van der Waals surface area (Å²) in [5.41, 5.74) is 7.87. The van der Waals surface area contributed by atoms with E-state index in [4.69, 9.17) is 11.0 Å². The fourth-order valence-electron chi connectivity index (χ4n) is 2.15. The normalized spacial score (nSPS) is 17.2. The van der Waals surface area contributed by atoms with E-state index in [2.05, 4.69) is 6.07 Å². The number of nitrogens with zero attached hydrogens (tertiary/aromatic N) is 3. The molecule has 19 heavy (non-hydrogen) atoms. The fourth-order valence-corrected chi connectivity index (χ4v) is 2.97. The molecule has 102 valence electrons. The van der Waals surface area contributed by atoms with Gasteiger partial charge in [-0.3, -0.25) is 0 Å². The Morgan fingerprint density at radius 1 is 1.26 bits per heavy atom. The molecule has 0 amide bonds. The van der Waals surface area contributed by atoms with Gasteiger partial charge in [-0.2, -0.15) is 9.57 Å². The third-order valence-electron chi connectivity index (χ3n) is 3.21. The van der Waals surface area contributed by atoms with Crippen molar-refractivity contribution in [2.45, 2.75) is 0 Å². The van der Waals surface area contributed by atoms with E-state index in [1.54, 1.807) is 18.2 Å². The Morgan fingerprint density at radius 2 is 1.89 bits per heavy atom. The van der Waals surface area contributed by atoms with Crippen LogP contribution in [0.4, 0.5) is 11.4 Å². The van der Waals surface area contributed by atoms with Crippen molar-refractivity contribution in [2.24, 2.45) is 0 Å². The van der Waals surface area contributed by atoms with Gasteiger partial charge in [-0.1, -0.05) is 0 Å². The number of sulfonamides is 1. The first-order valence-electron chi connectivity index (χ1n) is 5.91. The monoisotopic (exact) mass is 280 g/mol. The van der Waals surface area contributed by atoms with Crippen LogP contribution in [0.2, 0.25) is 0 Å². The number of hydrogen-bond donors (Lipinski definition) is 1. The van der Waals surface area contributed by atoms with E-state index in [0.717, 1.165) is 5.69 Å². The quantitative estimate of drug-likeness (QED) is 0.783. The maximum absolute atomic E-state index is 11.4. The summed E-state index contributed by atoms with van der Waals surface area (Å²) in [4.78, 5) is 2.01. The van der Waals surface area contributed by atoms with Crippen LogP contribution in [0.25, 0.3) is 0 Å². The first-order valence-corrected chi connectivity index (χ1v) is 7.76. The van der Waals surface area contributed by atoms with Crippen LogP contribution in [0.1, 0.15) is 5.56 Å². The summed E-state index contributed by atoms with van der Waals surface area (Å²) in [6, 6.07) is 7.20. The Hall–Kier alpha value is -1.78. The maximum Gasteiger partial charge on any atom is 0.211 e. The van der Waals surface area contributed by atoms with Crippen LogP contribution in [0.5, 0.6) is 0 Å². The van der Waals surface area contributed by atoms with E-state index in [1.807, 2.05) is 4.90 Å². The van der Waals surface area contributed by atoms with Gasteiger partial charge in [0.25, 0.3) is 0 Å². The smallest absolute Gasteiger partial charge is 0.211 e. The lowest BCUT2D eigenvalue weighted by atomic mass is 10.1. The Kier molecular flexibility index (Phi) is 3.64. The minimum Gasteiger partial charge on any atom is -0.397 e. The van der Waals surface area contributed by atoms with E-state index in [1.165, 1.54) is 10.6 Å². The molecular weight excluding hydrogens is 264 g/mol. The Balaban J connectivity index is 2.16. The highest BCUT2D eigenvalue weighted by atomic mass is 32.2. The second kappa shape index (κ2) is 5.07. The van der Waals surface area contributed by atoms with Gasteiger partial charge in [0.15, 0.2) is 0 Å². The van der Waals surface area contributed by atoms with E-state index >= 15 is 0 Å². The lowest BCUT2D eigenvalue weighted by Crippen LogP contribution is -2.48. The molecule has 0 aromatic heterocycles. The van der Waals surface area contributed by atoms with Crippen molar-refractivity contribution in [1.82, 2.24) is 4.31 Å². The topological polar surface area (TPSA) is 90.4 Å². The standard InChI is InChI=1S/C12H16N4O2S/c1-19(17,18)16-6-4-15(5-7-16)12-8-10(9-13)2-3-11(12)14/h2-3,8H,4-7,14H2,1H3. The van der Waals surface area contributed by atoms with E-state index < -0.39 is 10.0 Å². The number of hydrogen-bond acceptors (Lipinski definition) is 5. The van der Waals surface area contributed by atoms with Crippen molar-refractivity contribution in [3.8, 4) is 6.07 Å². The van der Waals surface area contributed by atoms with Crippen molar-refractivity contribution < 1.29 is 8.42 Å². The average Bonchev–Trinajstić information content (AvgIpc) is 2.38. The number of rotatable bonds is 2. The first-order chi connectivity index (χ1) is 8.91. The van der Waals surface area contributed by atoms with Crippen LogP contribution in [0.15, 0.2) is 18.2 Å². The predicted molar refractivity (Wildman–Crippen MR) is 74.2 cm³/mol. The lowest BCUT2D eigenvalue weighted by Gasteiger charge is -2.35. The molecule has 0 atom stereocenters. The van der Waals surface area contributed by atoms with Gasteiger partial charge in [0, 0.05) is 26.2 Å². The molecule has 2 rings (SSSR count). The van der Waals surface area contributed by atoms with Crippen LogP contribution in [-0.2, 0) is 10.0 Å². The number of anilines is 2. The summed E-state index contributed by atoms with van der Waals surface area (Å²) < 4.78 is 24.3. The lowest BCUT2D eigenvalue weighted by molar-refractivity contribution is 0.388. The third kappa shape index (κ3) is 2.97. The highest BCUT2D eigenvalue weighted by molar-refractivity contribution is 7.88. The van der Waals surface area contributed by atoms with Gasteiger partial charge >= 0.3 is 0 Å². The van der Waals surface area contributed by atoms with Crippen LogP contribution in [-0.4, -0.2) is 45.2 Å². The van der Waals surface area contributed by atoms with Crippen LogP contribution in [0.3, 0.4) is 0 Å². The maximum atomic E-state index is 11.4. The van der Waals surface area contributed by atoms with Crippen molar-refractivity contribution in [3.63, 3.8) is 0 Å². The van der Waals surface area contributed by atoms with Gasteiger partial charge < -0.3 is 10.6 Å². The summed E-state index contributed by atoms with van der Waals surface area (Å²) in [6.07, 6.45) is 1.22. The van der Waals surface area contributed by atoms with E-state index in [0.29, 0.717) is 37.4 Å². The zero-order valence-electron chi connectivity index (χ0n) is 10.7. The van der Waals surface area contributed by atoms with Gasteiger partial charge in [-0.15, -0.1) is 0 Å². The minimum absolute atomic E-state index is 0.440. The molecule has 7 heteroatoms. The number of nitrogens with two attached hydrogens (primary N) is 1. The zero-order valence-corrected chi connectivity index (χ0v) is 11.5. The van der Waals surface area contributed by atoms with Gasteiger partial charge in [-0.05, 0) is 18.2 Å². The molecule has 1 aliphatic heterocycles. The molecule has 0 saturated carbocycles. The van der Waals surface area contributed by atoms with Crippen molar-refractivity contribution >= 4 is 21.4 Å². The molecule has 0 spiro atoms. The molecule has 6 nitrogen and oxygen atoms in total. The first kappa shape index (κ1) is 13.6.